The van der Waals surface area contributed by atoms with Crippen LogP contribution in [-0.4, -0.2) is 0 Å². The molecule has 0 saturated heterocycles. The van der Waals surface area contributed by atoms with Gasteiger partial charge in [0.25, 0.3) is 0 Å². The molecule has 0 spiro atoms. The Labute approximate surface area is 318 Å². The summed E-state index contributed by atoms with van der Waals surface area (Å²) in [6.07, 6.45) is 7.86. The topological polar surface area (TPSA) is 29.5 Å². The van der Waals surface area contributed by atoms with Crippen LogP contribution in [0.15, 0.2) is 209 Å². The van der Waals surface area contributed by atoms with Gasteiger partial charge in [0.05, 0.1) is 0 Å². The predicted octanol–water partition coefficient (Wildman–Crippen LogP) is 14.7. The van der Waals surface area contributed by atoms with Gasteiger partial charge >= 0.3 is 0 Å². The van der Waals surface area contributed by atoms with Gasteiger partial charge in [-0.15, -0.1) is 0 Å². The Bertz CT molecular complexity index is 3110. The molecule has 0 fully saturated rings. The standard InChI is InChI=1S/C52H35NO2/c1-3-12-34(13-4-1)35-22-27-39(28-23-35)53(40-29-24-38(25-30-40)43-19-11-20-45-44-18-9-10-21-48(44)54-51(43)45)41-32-46(36-14-5-2-6-15-36)52-47(33-41)50-42-17-8-7-16-37(42)26-31-49(50)55-52/h1-24,26-33,38H,25H2. The minimum Gasteiger partial charge on any atom is -0.456 e. The van der Waals surface area contributed by atoms with Crippen molar-refractivity contribution in [3.8, 4) is 22.3 Å². The van der Waals surface area contributed by atoms with Crippen LogP contribution in [0.25, 0.3) is 76.9 Å². The summed E-state index contributed by atoms with van der Waals surface area (Å²) in [5.41, 5.74) is 12.7. The van der Waals surface area contributed by atoms with Crippen LogP contribution in [0.1, 0.15) is 17.9 Å². The largest absolute Gasteiger partial charge is 0.456 e. The molecule has 3 nitrogen and oxygen atoms in total. The third-order valence-electron chi connectivity index (χ3n) is 11.2. The zero-order valence-electron chi connectivity index (χ0n) is 30.0. The molecule has 1 atom stereocenters. The van der Waals surface area contributed by atoms with Gasteiger partial charge in [0.2, 0.25) is 0 Å². The fourth-order valence-electron chi connectivity index (χ4n) is 8.54. The number of anilines is 2. The van der Waals surface area contributed by atoms with E-state index in [-0.39, 0.29) is 5.92 Å². The molecule has 8 aromatic carbocycles. The Kier molecular flexibility index (Phi) is 7.31. The predicted molar refractivity (Wildman–Crippen MR) is 229 cm³/mol. The van der Waals surface area contributed by atoms with Crippen LogP contribution < -0.4 is 4.90 Å². The first-order chi connectivity index (χ1) is 27.3. The lowest BCUT2D eigenvalue weighted by molar-refractivity contribution is 0.657. The number of rotatable bonds is 6. The first-order valence-electron chi connectivity index (χ1n) is 18.9. The normalized spacial score (nSPS) is 14.3. The second-order valence-corrected chi connectivity index (χ2v) is 14.4. The summed E-state index contributed by atoms with van der Waals surface area (Å²) in [6.45, 7) is 0. The number of hydrogen-bond acceptors (Lipinski definition) is 3. The van der Waals surface area contributed by atoms with Gasteiger partial charge in [-0.1, -0.05) is 152 Å². The third-order valence-corrected chi connectivity index (χ3v) is 11.2. The van der Waals surface area contributed by atoms with Gasteiger partial charge in [-0.3, -0.25) is 0 Å². The zero-order valence-corrected chi connectivity index (χ0v) is 30.0. The van der Waals surface area contributed by atoms with Gasteiger partial charge in [-0.25, -0.2) is 0 Å². The highest BCUT2D eigenvalue weighted by Gasteiger charge is 2.24. The highest BCUT2D eigenvalue weighted by Crippen LogP contribution is 2.45. The van der Waals surface area contributed by atoms with Crippen LogP contribution in [0.4, 0.5) is 11.4 Å². The van der Waals surface area contributed by atoms with Crippen molar-refractivity contribution < 1.29 is 8.83 Å². The summed E-state index contributed by atoms with van der Waals surface area (Å²) >= 11 is 0. The Hall–Kier alpha value is -7.10. The van der Waals surface area contributed by atoms with Gasteiger partial charge < -0.3 is 13.7 Å². The third kappa shape index (κ3) is 5.27. The molecule has 55 heavy (non-hydrogen) atoms. The molecule has 0 bridgehead atoms. The number of benzene rings is 8. The second-order valence-electron chi connectivity index (χ2n) is 14.4. The number of para-hydroxylation sites is 2. The van der Waals surface area contributed by atoms with E-state index >= 15 is 0 Å². The van der Waals surface area contributed by atoms with Crippen LogP contribution in [0.2, 0.25) is 0 Å². The van der Waals surface area contributed by atoms with E-state index in [2.05, 4.69) is 193 Å². The van der Waals surface area contributed by atoms with Crippen molar-refractivity contribution in [1.29, 1.82) is 0 Å². The molecule has 0 amide bonds. The maximum atomic E-state index is 6.76. The second kappa shape index (κ2) is 12.8. The van der Waals surface area contributed by atoms with Crippen LogP contribution in [0, 0.1) is 0 Å². The molecule has 2 heterocycles. The molecule has 0 aliphatic heterocycles. The SMILES string of the molecule is C1=CC(c2cccc3c2oc2ccccc23)CC=C1N(c1ccc(-c2ccccc2)cc1)c1cc(-c2ccccc2)c2oc3ccc4ccccc4c3c2c1. The Morgan fingerprint density at radius 1 is 0.473 bits per heavy atom. The fourth-order valence-corrected chi connectivity index (χ4v) is 8.54. The van der Waals surface area contributed by atoms with Gasteiger partial charge in [-0.2, -0.15) is 0 Å². The highest BCUT2D eigenvalue weighted by atomic mass is 16.3. The van der Waals surface area contributed by atoms with E-state index in [0.717, 1.165) is 78.5 Å². The smallest absolute Gasteiger partial charge is 0.143 e. The van der Waals surface area contributed by atoms with Gasteiger partial charge in [-0.05, 0) is 76.4 Å². The lowest BCUT2D eigenvalue weighted by Gasteiger charge is -2.30. The molecular weight excluding hydrogens is 671 g/mol. The van der Waals surface area contributed by atoms with Crippen molar-refractivity contribution >= 4 is 66.0 Å². The van der Waals surface area contributed by atoms with Gasteiger partial charge in [0.1, 0.15) is 22.3 Å². The molecule has 3 heteroatoms. The molecule has 11 rings (SSSR count). The summed E-state index contributed by atoms with van der Waals surface area (Å²) < 4.78 is 13.2. The maximum absolute atomic E-state index is 6.76. The number of fused-ring (bicyclic) bond motifs is 8. The van der Waals surface area contributed by atoms with E-state index in [1.54, 1.807) is 0 Å². The number of allylic oxidation sites excluding steroid dienone is 3. The molecular formula is C52H35NO2. The van der Waals surface area contributed by atoms with Gasteiger partial charge in [0, 0.05) is 55.7 Å². The first kappa shape index (κ1) is 31.4. The summed E-state index contributed by atoms with van der Waals surface area (Å²) in [7, 11) is 0. The molecule has 260 valence electrons. The summed E-state index contributed by atoms with van der Waals surface area (Å²) in [5.74, 6) is 0.182. The first-order valence-corrected chi connectivity index (χ1v) is 18.9. The van der Waals surface area contributed by atoms with E-state index < -0.39 is 0 Å². The molecule has 0 saturated carbocycles. The summed E-state index contributed by atoms with van der Waals surface area (Å²) in [5, 5.41) is 6.94. The van der Waals surface area contributed by atoms with Gasteiger partial charge in [0.15, 0.2) is 0 Å². The van der Waals surface area contributed by atoms with Crippen LogP contribution in [0.5, 0.6) is 0 Å². The fraction of sp³-hybridized carbons (Fsp3) is 0.0385. The summed E-state index contributed by atoms with van der Waals surface area (Å²) in [6, 6.07) is 62.5. The minimum absolute atomic E-state index is 0.182. The highest BCUT2D eigenvalue weighted by molar-refractivity contribution is 6.21. The number of hydrogen-bond donors (Lipinski definition) is 0. The van der Waals surface area contributed by atoms with Crippen molar-refractivity contribution in [2.24, 2.45) is 0 Å². The Balaban J connectivity index is 1.09. The molecule has 2 aromatic heterocycles. The van der Waals surface area contributed by atoms with Crippen molar-refractivity contribution in [3.05, 3.63) is 205 Å². The van der Waals surface area contributed by atoms with Crippen LogP contribution in [0.3, 0.4) is 0 Å². The Morgan fingerprint density at radius 2 is 1.16 bits per heavy atom. The quantitative estimate of drug-likeness (QED) is 0.172. The average molecular weight is 706 g/mol. The van der Waals surface area contributed by atoms with Crippen LogP contribution in [-0.2, 0) is 0 Å². The lowest BCUT2D eigenvalue weighted by atomic mass is 9.90. The van der Waals surface area contributed by atoms with Crippen molar-refractivity contribution in [3.63, 3.8) is 0 Å². The van der Waals surface area contributed by atoms with E-state index in [9.17, 15) is 0 Å². The maximum Gasteiger partial charge on any atom is 0.143 e. The molecule has 1 aliphatic rings. The molecule has 1 unspecified atom stereocenters. The number of nitrogens with zero attached hydrogens (tertiary/aromatic N) is 1. The zero-order chi connectivity index (χ0) is 36.3. The van der Waals surface area contributed by atoms with Crippen LogP contribution >= 0.6 is 0 Å². The van der Waals surface area contributed by atoms with E-state index in [4.69, 9.17) is 8.83 Å². The number of furan rings is 2. The lowest BCUT2D eigenvalue weighted by Crippen LogP contribution is -2.17. The van der Waals surface area contributed by atoms with Crippen molar-refractivity contribution in [2.75, 3.05) is 4.90 Å². The van der Waals surface area contributed by atoms with Crippen molar-refractivity contribution in [2.45, 2.75) is 12.3 Å². The molecule has 1 aliphatic carbocycles. The minimum atomic E-state index is 0.182. The average Bonchev–Trinajstić information content (AvgIpc) is 3.84. The van der Waals surface area contributed by atoms with E-state index in [1.165, 1.54) is 27.5 Å². The Morgan fingerprint density at radius 3 is 1.96 bits per heavy atom. The molecule has 10 aromatic rings. The monoisotopic (exact) mass is 705 g/mol. The van der Waals surface area contributed by atoms with E-state index in [0.29, 0.717) is 0 Å². The molecule has 0 radical (unpaired) electrons. The van der Waals surface area contributed by atoms with Crippen molar-refractivity contribution in [1.82, 2.24) is 0 Å². The molecule has 0 N–H and O–H groups in total. The summed E-state index contributed by atoms with van der Waals surface area (Å²) in [4.78, 5) is 2.40. The van der Waals surface area contributed by atoms with E-state index in [1.807, 2.05) is 6.07 Å².